The van der Waals surface area contributed by atoms with Gasteiger partial charge in [-0.25, -0.2) is 5.43 Å². The normalized spacial score (nSPS) is 11.9. The molecule has 8 heteroatoms. The molecule has 0 heterocycles. The van der Waals surface area contributed by atoms with Gasteiger partial charge in [-0.15, -0.1) is 0 Å². The lowest BCUT2D eigenvalue weighted by atomic mass is 10.0. The standard InChI is InChI=1S/C26H25BrClN3O3/c1-17(2)24(30-25(32)20-9-6-10-21(28)14-20)26(33)31-29-15-19-11-12-23(22(27)13-19)34-16-18-7-4-3-5-8-18/h3-15,17,24H,16H2,1-2H3,(H,30,32)(H,31,33)/b29-15+. The van der Waals surface area contributed by atoms with Crippen molar-refractivity contribution < 1.29 is 14.3 Å². The van der Waals surface area contributed by atoms with Crippen molar-refractivity contribution in [2.75, 3.05) is 0 Å². The quantitative estimate of drug-likeness (QED) is 0.273. The van der Waals surface area contributed by atoms with Crippen molar-refractivity contribution in [2.24, 2.45) is 11.0 Å². The van der Waals surface area contributed by atoms with Crippen molar-refractivity contribution in [3.8, 4) is 5.75 Å². The maximum atomic E-state index is 12.7. The first-order chi connectivity index (χ1) is 16.3. The Morgan fingerprint density at radius 1 is 1.06 bits per heavy atom. The molecule has 0 spiro atoms. The van der Waals surface area contributed by atoms with Crippen LogP contribution >= 0.6 is 27.5 Å². The number of nitrogens with zero attached hydrogens (tertiary/aromatic N) is 1. The maximum Gasteiger partial charge on any atom is 0.262 e. The minimum atomic E-state index is -0.760. The van der Waals surface area contributed by atoms with Crippen LogP contribution in [-0.4, -0.2) is 24.1 Å². The van der Waals surface area contributed by atoms with Gasteiger partial charge in [0, 0.05) is 10.6 Å². The van der Waals surface area contributed by atoms with Crippen LogP contribution in [0.2, 0.25) is 5.02 Å². The molecule has 0 radical (unpaired) electrons. The van der Waals surface area contributed by atoms with Gasteiger partial charge in [-0.3, -0.25) is 9.59 Å². The highest BCUT2D eigenvalue weighted by molar-refractivity contribution is 9.10. The molecule has 1 atom stereocenters. The van der Waals surface area contributed by atoms with Gasteiger partial charge in [-0.05, 0) is 69.4 Å². The Hall–Kier alpha value is -3.16. The van der Waals surface area contributed by atoms with Crippen LogP contribution in [0.25, 0.3) is 0 Å². The first-order valence-corrected chi connectivity index (χ1v) is 11.9. The van der Waals surface area contributed by atoms with E-state index in [-0.39, 0.29) is 11.8 Å². The summed E-state index contributed by atoms with van der Waals surface area (Å²) in [5.41, 5.74) is 4.73. The summed E-state index contributed by atoms with van der Waals surface area (Å²) in [4.78, 5) is 25.2. The van der Waals surface area contributed by atoms with Crippen LogP contribution in [0.3, 0.4) is 0 Å². The fourth-order valence-electron chi connectivity index (χ4n) is 3.08. The molecule has 3 aromatic rings. The van der Waals surface area contributed by atoms with E-state index in [9.17, 15) is 9.59 Å². The molecule has 0 saturated carbocycles. The van der Waals surface area contributed by atoms with Crippen molar-refractivity contribution in [2.45, 2.75) is 26.5 Å². The number of hydrazone groups is 1. The van der Waals surface area contributed by atoms with Gasteiger partial charge in [-0.2, -0.15) is 5.10 Å². The van der Waals surface area contributed by atoms with E-state index in [2.05, 4.69) is 31.8 Å². The Bertz CT molecular complexity index is 1170. The van der Waals surface area contributed by atoms with Crippen LogP contribution in [0, 0.1) is 5.92 Å². The zero-order valence-corrected chi connectivity index (χ0v) is 21.1. The predicted molar refractivity (Wildman–Crippen MR) is 138 cm³/mol. The number of hydrogen-bond acceptors (Lipinski definition) is 4. The lowest BCUT2D eigenvalue weighted by molar-refractivity contribution is -0.123. The number of rotatable bonds is 9. The van der Waals surface area contributed by atoms with Gasteiger partial charge in [0.05, 0.1) is 10.7 Å². The molecular formula is C26H25BrClN3O3. The molecule has 2 amide bonds. The van der Waals surface area contributed by atoms with Crippen molar-refractivity contribution >= 4 is 45.6 Å². The molecule has 0 aliphatic heterocycles. The van der Waals surface area contributed by atoms with Gasteiger partial charge in [0.15, 0.2) is 0 Å². The molecule has 3 aromatic carbocycles. The summed E-state index contributed by atoms with van der Waals surface area (Å²) in [6, 6.07) is 21.2. The van der Waals surface area contributed by atoms with E-state index in [1.807, 2.05) is 62.4 Å². The van der Waals surface area contributed by atoms with Crippen LogP contribution in [0.15, 0.2) is 82.4 Å². The summed E-state index contributed by atoms with van der Waals surface area (Å²) in [6.45, 7) is 4.15. The first kappa shape index (κ1) is 25.5. The van der Waals surface area contributed by atoms with Crippen molar-refractivity contribution in [3.63, 3.8) is 0 Å². The van der Waals surface area contributed by atoms with Gasteiger partial charge in [-0.1, -0.05) is 61.8 Å². The summed E-state index contributed by atoms with van der Waals surface area (Å²) in [5, 5.41) is 7.24. The van der Waals surface area contributed by atoms with Crippen molar-refractivity contribution in [1.29, 1.82) is 0 Å². The van der Waals surface area contributed by atoms with E-state index in [1.165, 1.54) is 6.21 Å². The van der Waals surface area contributed by atoms with E-state index in [0.717, 1.165) is 15.6 Å². The zero-order valence-electron chi connectivity index (χ0n) is 18.8. The summed E-state index contributed by atoms with van der Waals surface area (Å²) >= 11 is 9.46. The SMILES string of the molecule is CC(C)C(NC(=O)c1cccc(Cl)c1)C(=O)N/N=C/c1ccc(OCc2ccccc2)c(Br)c1. The van der Waals surface area contributed by atoms with Gasteiger partial charge in [0.2, 0.25) is 0 Å². The molecule has 0 aliphatic rings. The number of hydrogen-bond donors (Lipinski definition) is 2. The summed E-state index contributed by atoms with van der Waals surface area (Å²) < 4.78 is 6.62. The van der Waals surface area contributed by atoms with Crippen LogP contribution in [0.5, 0.6) is 5.75 Å². The third kappa shape index (κ3) is 7.43. The topological polar surface area (TPSA) is 79.8 Å². The van der Waals surface area contributed by atoms with Crippen LogP contribution < -0.4 is 15.5 Å². The fourth-order valence-corrected chi connectivity index (χ4v) is 3.78. The van der Waals surface area contributed by atoms with E-state index < -0.39 is 11.9 Å². The molecular weight excluding hydrogens is 518 g/mol. The molecule has 176 valence electrons. The van der Waals surface area contributed by atoms with E-state index in [4.69, 9.17) is 16.3 Å². The van der Waals surface area contributed by atoms with E-state index >= 15 is 0 Å². The molecule has 0 aliphatic carbocycles. The average molecular weight is 543 g/mol. The molecule has 0 bridgehead atoms. The predicted octanol–water partition coefficient (Wildman–Crippen LogP) is 5.59. The Kier molecular flexibility index (Phi) is 9.24. The Labute approximate surface area is 212 Å². The highest BCUT2D eigenvalue weighted by Gasteiger charge is 2.24. The van der Waals surface area contributed by atoms with Gasteiger partial charge in [0.1, 0.15) is 18.4 Å². The largest absolute Gasteiger partial charge is 0.488 e. The van der Waals surface area contributed by atoms with Crippen molar-refractivity contribution in [3.05, 3.63) is 99.0 Å². The molecule has 1 unspecified atom stereocenters. The number of amides is 2. The smallest absolute Gasteiger partial charge is 0.262 e. The molecule has 34 heavy (non-hydrogen) atoms. The van der Waals surface area contributed by atoms with Gasteiger partial charge >= 0.3 is 0 Å². The number of halogens is 2. The van der Waals surface area contributed by atoms with Gasteiger partial charge in [0.25, 0.3) is 11.8 Å². The molecule has 0 saturated heterocycles. The second-order valence-corrected chi connectivity index (χ2v) is 9.19. The molecule has 0 fully saturated rings. The Balaban J connectivity index is 1.57. The summed E-state index contributed by atoms with van der Waals surface area (Å²) in [6.07, 6.45) is 1.53. The van der Waals surface area contributed by atoms with Gasteiger partial charge < -0.3 is 10.1 Å². The summed E-state index contributed by atoms with van der Waals surface area (Å²) in [5.74, 6) is -0.235. The third-order valence-electron chi connectivity index (χ3n) is 4.90. The van der Waals surface area contributed by atoms with Crippen molar-refractivity contribution in [1.82, 2.24) is 10.7 Å². The number of ether oxygens (including phenoxy) is 1. The minimum absolute atomic E-state index is 0.145. The Morgan fingerprint density at radius 2 is 1.82 bits per heavy atom. The monoisotopic (exact) mass is 541 g/mol. The number of benzene rings is 3. The molecule has 2 N–H and O–H groups in total. The lowest BCUT2D eigenvalue weighted by Crippen LogP contribution is -2.48. The fraction of sp³-hybridized carbons (Fsp3) is 0.192. The maximum absolute atomic E-state index is 12.7. The first-order valence-electron chi connectivity index (χ1n) is 10.7. The highest BCUT2D eigenvalue weighted by Crippen LogP contribution is 2.26. The highest BCUT2D eigenvalue weighted by atomic mass is 79.9. The number of carbonyl (C=O) groups is 2. The number of nitrogens with one attached hydrogen (secondary N) is 2. The van der Waals surface area contributed by atoms with E-state index in [1.54, 1.807) is 24.3 Å². The second kappa shape index (κ2) is 12.3. The molecule has 3 rings (SSSR count). The lowest BCUT2D eigenvalue weighted by Gasteiger charge is -2.20. The minimum Gasteiger partial charge on any atom is -0.488 e. The van der Waals surface area contributed by atoms with E-state index in [0.29, 0.717) is 22.9 Å². The third-order valence-corrected chi connectivity index (χ3v) is 5.76. The van der Waals surface area contributed by atoms with Crippen LogP contribution in [0.4, 0.5) is 0 Å². The Morgan fingerprint density at radius 3 is 2.50 bits per heavy atom. The average Bonchev–Trinajstić information content (AvgIpc) is 2.82. The summed E-state index contributed by atoms with van der Waals surface area (Å²) in [7, 11) is 0. The van der Waals surface area contributed by atoms with Crippen LogP contribution in [0.1, 0.15) is 35.3 Å². The zero-order chi connectivity index (χ0) is 24.5. The molecule has 6 nitrogen and oxygen atoms in total. The second-order valence-electron chi connectivity index (χ2n) is 7.90. The number of carbonyl (C=O) groups excluding carboxylic acids is 2. The van der Waals surface area contributed by atoms with Crippen LogP contribution in [-0.2, 0) is 11.4 Å². The molecule has 0 aromatic heterocycles.